The summed E-state index contributed by atoms with van der Waals surface area (Å²) in [5, 5.41) is 0. The standard InChI is InChI=1S/C10H16N2O3/c1-15-10(14)8(11)5-12-4-6-2-7(3-6)9(12)13/h6-8H,2-5,11H2,1H3. The Bertz CT molecular complexity index is 286. The number of esters is 1. The van der Waals surface area contributed by atoms with Crippen LogP contribution in [0.2, 0.25) is 0 Å². The van der Waals surface area contributed by atoms with Crippen LogP contribution in [0.5, 0.6) is 0 Å². The lowest BCUT2D eigenvalue weighted by molar-refractivity contribution is -0.151. The first-order valence-corrected chi connectivity index (χ1v) is 5.24. The van der Waals surface area contributed by atoms with Crippen molar-refractivity contribution in [2.24, 2.45) is 17.6 Å². The van der Waals surface area contributed by atoms with Gasteiger partial charge in [0.25, 0.3) is 0 Å². The lowest BCUT2D eigenvalue weighted by Gasteiger charge is -2.46. The van der Waals surface area contributed by atoms with Crippen LogP contribution in [0, 0.1) is 11.8 Å². The van der Waals surface area contributed by atoms with E-state index in [-0.39, 0.29) is 11.8 Å². The molecule has 15 heavy (non-hydrogen) atoms. The molecular weight excluding hydrogens is 196 g/mol. The maximum Gasteiger partial charge on any atom is 0.324 e. The Kier molecular flexibility index (Phi) is 2.65. The van der Waals surface area contributed by atoms with Crippen LogP contribution in [-0.4, -0.2) is 43.0 Å². The molecule has 1 amide bonds. The number of hydrogen-bond acceptors (Lipinski definition) is 4. The summed E-state index contributed by atoms with van der Waals surface area (Å²) in [7, 11) is 1.30. The lowest BCUT2D eigenvalue weighted by atomic mass is 9.70. The maximum atomic E-state index is 11.7. The van der Waals surface area contributed by atoms with E-state index in [0.717, 1.165) is 19.4 Å². The minimum Gasteiger partial charge on any atom is -0.468 e. The topological polar surface area (TPSA) is 72.6 Å². The molecule has 1 unspecified atom stereocenters. The van der Waals surface area contributed by atoms with Crippen LogP contribution in [0.25, 0.3) is 0 Å². The van der Waals surface area contributed by atoms with Gasteiger partial charge >= 0.3 is 5.97 Å². The van der Waals surface area contributed by atoms with Gasteiger partial charge in [0.1, 0.15) is 6.04 Å². The zero-order valence-electron chi connectivity index (χ0n) is 8.81. The van der Waals surface area contributed by atoms with Crippen LogP contribution >= 0.6 is 0 Å². The number of nitrogens with zero attached hydrogens (tertiary/aromatic N) is 1. The molecule has 1 saturated carbocycles. The molecule has 1 atom stereocenters. The summed E-state index contributed by atoms with van der Waals surface area (Å²) in [6.45, 7) is 1.04. The molecule has 0 aromatic heterocycles. The molecular formula is C10H16N2O3. The minimum absolute atomic E-state index is 0.150. The fourth-order valence-electron chi connectivity index (χ4n) is 2.37. The van der Waals surface area contributed by atoms with Crippen molar-refractivity contribution in [3.05, 3.63) is 0 Å². The molecule has 2 N–H and O–H groups in total. The second kappa shape index (κ2) is 3.81. The molecule has 3 fully saturated rings. The van der Waals surface area contributed by atoms with Gasteiger partial charge in [-0.25, -0.2) is 0 Å². The summed E-state index contributed by atoms with van der Waals surface area (Å²) in [6.07, 6.45) is 2.03. The van der Waals surface area contributed by atoms with Gasteiger partial charge in [0.15, 0.2) is 0 Å². The fraction of sp³-hybridized carbons (Fsp3) is 0.800. The number of ether oxygens (including phenoxy) is 1. The van der Waals surface area contributed by atoms with E-state index < -0.39 is 12.0 Å². The third-order valence-corrected chi connectivity index (χ3v) is 3.30. The van der Waals surface area contributed by atoms with Crippen molar-refractivity contribution in [1.82, 2.24) is 4.90 Å². The largest absolute Gasteiger partial charge is 0.468 e. The van der Waals surface area contributed by atoms with E-state index in [9.17, 15) is 9.59 Å². The number of methoxy groups -OCH3 is 1. The Labute approximate surface area is 88.5 Å². The summed E-state index contributed by atoms with van der Waals surface area (Å²) >= 11 is 0. The highest BCUT2D eigenvalue weighted by Gasteiger charge is 2.44. The van der Waals surface area contributed by atoms with Gasteiger partial charge in [-0.3, -0.25) is 9.59 Å². The number of hydrogen-bond donors (Lipinski definition) is 1. The highest BCUT2D eigenvalue weighted by atomic mass is 16.5. The molecule has 0 radical (unpaired) electrons. The molecule has 3 rings (SSSR count). The third-order valence-electron chi connectivity index (χ3n) is 3.30. The Hall–Kier alpha value is -1.10. The Balaban J connectivity index is 1.89. The number of carbonyl (C=O) groups excluding carboxylic acids is 2. The summed E-state index contributed by atoms with van der Waals surface area (Å²) < 4.78 is 4.52. The Morgan fingerprint density at radius 2 is 2.33 bits per heavy atom. The van der Waals surface area contributed by atoms with E-state index in [2.05, 4.69) is 4.74 Å². The molecule has 84 valence electrons. The highest BCUT2D eigenvalue weighted by Crippen LogP contribution is 2.40. The van der Waals surface area contributed by atoms with Crippen molar-refractivity contribution >= 4 is 11.9 Å². The van der Waals surface area contributed by atoms with E-state index >= 15 is 0 Å². The molecule has 1 aliphatic carbocycles. The van der Waals surface area contributed by atoms with Gasteiger partial charge in [0.2, 0.25) is 5.91 Å². The van der Waals surface area contributed by atoms with Gasteiger partial charge < -0.3 is 15.4 Å². The summed E-state index contributed by atoms with van der Waals surface area (Å²) in [6, 6.07) is -0.712. The van der Waals surface area contributed by atoms with Crippen LogP contribution in [0.3, 0.4) is 0 Å². The van der Waals surface area contributed by atoms with E-state index in [1.54, 1.807) is 4.90 Å². The molecule has 2 heterocycles. The van der Waals surface area contributed by atoms with Crippen molar-refractivity contribution in [1.29, 1.82) is 0 Å². The third kappa shape index (κ3) is 1.84. The first-order chi connectivity index (χ1) is 7.11. The molecule has 5 heteroatoms. The van der Waals surface area contributed by atoms with Gasteiger partial charge in [0, 0.05) is 19.0 Å². The van der Waals surface area contributed by atoms with Gasteiger partial charge in [-0.1, -0.05) is 0 Å². The number of rotatable bonds is 3. The monoisotopic (exact) mass is 212 g/mol. The Morgan fingerprint density at radius 3 is 2.87 bits per heavy atom. The van der Waals surface area contributed by atoms with Crippen molar-refractivity contribution in [2.75, 3.05) is 20.2 Å². The second-order valence-electron chi connectivity index (χ2n) is 4.41. The zero-order chi connectivity index (χ0) is 11.0. The number of nitrogens with two attached hydrogens (primary N) is 1. The zero-order valence-corrected chi connectivity index (χ0v) is 8.81. The molecule has 2 saturated heterocycles. The van der Waals surface area contributed by atoms with E-state index in [0.29, 0.717) is 12.5 Å². The van der Waals surface area contributed by atoms with Crippen LogP contribution < -0.4 is 5.73 Å². The van der Waals surface area contributed by atoms with Crippen molar-refractivity contribution < 1.29 is 14.3 Å². The highest BCUT2D eigenvalue weighted by molar-refractivity contribution is 5.82. The SMILES string of the molecule is COC(=O)C(N)CN1CC2CC(C2)C1=O. The smallest absolute Gasteiger partial charge is 0.324 e. The molecule has 0 aromatic carbocycles. The minimum atomic E-state index is -0.712. The van der Waals surface area contributed by atoms with Gasteiger partial charge in [0.05, 0.1) is 7.11 Å². The molecule has 0 spiro atoms. The predicted octanol–water partition coefficient (Wildman–Crippen LogP) is -0.645. The summed E-state index contributed by atoms with van der Waals surface area (Å²) in [5.41, 5.74) is 5.61. The van der Waals surface area contributed by atoms with Crippen molar-refractivity contribution in [2.45, 2.75) is 18.9 Å². The van der Waals surface area contributed by atoms with Crippen LogP contribution in [-0.2, 0) is 14.3 Å². The van der Waals surface area contributed by atoms with Gasteiger partial charge in [-0.15, -0.1) is 0 Å². The first kappa shape index (κ1) is 10.4. The van der Waals surface area contributed by atoms with E-state index in [1.165, 1.54) is 7.11 Å². The molecule has 0 aromatic rings. The maximum absolute atomic E-state index is 11.7. The van der Waals surface area contributed by atoms with Crippen LogP contribution in [0.4, 0.5) is 0 Å². The van der Waals surface area contributed by atoms with Crippen LogP contribution in [0.1, 0.15) is 12.8 Å². The van der Waals surface area contributed by atoms with Gasteiger partial charge in [-0.2, -0.15) is 0 Å². The molecule has 3 aliphatic rings. The number of amides is 1. The van der Waals surface area contributed by atoms with Crippen molar-refractivity contribution in [3.8, 4) is 0 Å². The second-order valence-corrected chi connectivity index (χ2v) is 4.41. The molecule has 5 nitrogen and oxygen atoms in total. The first-order valence-electron chi connectivity index (χ1n) is 5.24. The van der Waals surface area contributed by atoms with E-state index in [4.69, 9.17) is 5.73 Å². The summed E-state index contributed by atoms with van der Waals surface area (Å²) in [4.78, 5) is 24.5. The fourth-order valence-corrected chi connectivity index (χ4v) is 2.37. The molecule has 2 aliphatic heterocycles. The van der Waals surface area contributed by atoms with E-state index in [1.807, 2.05) is 0 Å². The summed E-state index contributed by atoms with van der Waals surface area (Å²) in [5.74, 6) is 0.505. The van der Waals surface area contributed by atoms with Crippen molar-refractivity contribution in [3.63, 3.8) is 0 Å². The van der Waals surface area contributed by atoms with Gasteiger partial charge in [-0.05, 0) is 18.8 Å². The average Bonchev–Trinajstić information content (AvgIpc) is 2.17. The van der Waals surface area contributed by atoms with Crippen LogP contribution in [0.15, 0.2) is 0 Å². The number of piperidine rings is 2. The lowest BCUT2D eigenvalue weighted by Crippen LogP contribution is -2.56. The number of fused-ring (bicyclic) bond motifs is 2. The number of carbonyl (C=O) groups is 2. The normalized spacial score (nSPS) is 30.8. The quantitative estimate of drug-likeness (QED) is 0.631. The predicted molar refractivity (Wildman–Crippen MR) is 52.8 cm³/mol. The molecule has 2 bridgehead atoms. The average molecular weight is 212 g/mol. The Morgan fingerprint density at radius 1 is 1.67 bits per heavy atom.